The number of fused-ring (bicyclic) bond motifs is 1. The van der Waals surface area contributed by atoms with Crippen LogP contribution in [0, 0.1) is 6.92 Å². The first kappa shape index (κ1) is 17.4. The fourth-order valence-corrected chi connectivity index (χ4v) is 4.12. The molecule has 2 atom stereocenters. The minimum absolute atomic E-state index is 0.168. The van der Waals surface area contributed by atoms with Gasteiger partial charge < -0.3 is 5.11 Å². The molecule has 0 radical (unpaired) electrons. The number of carbonyl (C=O) groups is 1. The number of halogens is 2. The first-order valence-corrected chi connectivity index (χ1v) is 8.83. The van der Waals surface area contributed by atoms with Crippen molar-refractivity contribution in [3.05, 3.63) is 62.9 Å². The molecule has 2 aromatic rings. The smallest absolute Gasteiger partial charge is 0.140 e. The average Bonchev–Trinajstić information content (AvgIpc) is 2.54. The Morgan fingerprint density at radius 1 is 1.33 bits per heavy atom. The van der Waals surface area contributed by atoms with Crippen LogP contribution in [0.15, 0.2) is 30.5 Å². The summed E-state index contributed by atoms with van der Waals surface area (Å²) < 4.78 is 0. The number of nitrogens with zero attached hydrogens (tertiary/aromatic N) is 1. The van der Waals surface area contributed by atoms with E-state index in [0.717, 1.165) is 16.7 Å². The second-order valence-corrected chi connectivity index (χ2v) is 7.12. The molecule has 1 heterocycles. The Kier molecular flexibility index (Phi) is 5.24. The average molecular weight is 364 g/mol. The van der Waals surface area contributed by atoms with Gasteiger partial charge in [0.25, 0.3) is 0 Å². The van der Waals surface area contributed by atoms with Gasteiger partial charge in [-0.25, -0.2) is 0 Å². The number of aryl methyl sites for hydroxylation is 1. The monoisotopic (exact) mass is 363 g/mol. The lowest BCUT2D eigenvalue weighted by Crippen LogP contribution is -2.22. The Labute approximate surface area is 151 Å². The number of benzene rings is 1. The molecular formula is C19H19Cl2NO2. The molecule has 0 bridgehead atoms. The van der Waals surface area contributed by atoms with Crippen LogP contribution in [0.1, 0.15) is 53.7 Å². The van der Waals surface area contributed by atoms with Crippen LogP contribution in [0.5, 0.6) is 0 Å². The van der Waals surface area contributed by atoms with Gasteiger partial charge in [0.15, 0.2) is 0 Å². The third-order valence-corrected chi connectivity index (χ3v) is 5.24. The van der Waals surface area contributed by atoms with Gasteiger partial charge >= 0.3 is 0 Å². The van der Waals surface area contributed by atoms with Crippen LogP contribution in [0.3, 0.4) is 0 Å². The van der Waals surface area contributed by atoms with E-state index >= 15 is 0 Å². The number of rotatable bonds is 4. The molecule has 126 valence electrons. The molecule has 24 heavy (non-hydrogen) atoms. The summed E-state index contributed by atoms with van der Waals surface area (Å²) in [5.41, 5.74) is 3.47. The lowest BCUT2D eigenvalue weighted by molar-refractivity contribution is -0.121. The number of hydrogen-bond acceptors (Lipinski definition) is 3. The van der Waals surface area contributed by atoms with Crippen molar-refractivity contribution in [3.63, 3.8) is 0 Å². The van der Waals surface area contributed by atoms with Crippen LogP contribution < -0.4 is 0 Å². The molecule has 0 saturated heterocycles. The van der Waals surface area contributed by atoms with Crippen molar-refractivity contribution in [2.24, 2.45) is 0 Å². The second kappa shape index (κ2) is 7.22. The number of carbonyl (C=O) groups excluding carboxylic acids is 1. The van der Waals surface area contributed by atoms with E-state index in [4.69, 9.17) is 23.2 Å². The van der Waals surface area contributed by atoms with Gasteiger partial charge in [-0.15, -0.1) is 0 Å². The Balaban J connectivity index is 1.76. The van der Waals surface area contributed by atoms with E-state index in [2.05, 4.69) is 4.98 Å². The summed E-state index contributed by atoms with van der Waals surface area (Å²) in [6.45, 7) is 1.95. The van der Waals surface area contributed by atoms with Gasteiger partial charge in [0, 0.05) is 28.6 Å². The molecule has 1 aliphatic carbocycles. The van der Waals surface area contributed by atoms with E-state index in [1.807, 2.05) is 25.1 Å². The summed E-state index contributed by atoms with van der Waals surface area (Å²) in [5.74, 6) is -0.0231. The SMILES string of the molecule is Cc1cc(Cl)cc(Cl)c1CCC(=O)C1CC[C@H](O)c2ncccc21. The quantitative estimate of drug-likeness (QED) is 0.847. The highest BCUT2D eigenvalue weighted by molar-refractivity contribution is 6.35. The number of aliphatic hydroxyl groups is 1. The van der Waals surface area contributed by atoms with E-state index in [9.17, 15) is 9.90 Å². The molecule has 0 saturated carbocycles. The maximum atomic E-state index is 12.8. The summed E-state index contributed by atoms with van der Waals surface area (Å²) in [5, 5.41) is 11.3. The van der Waals surface area contributed by atoms with Crippen LogP contribution in [0.4, 0.5) is 0 Å². The molecule has 0 spiro atoms. The number of Topliss-reactive ketones (excluding diaryl/α,β-unsaturated/α-hetero) is 1. The molecule has 5 heteroatoms. The molecule has 0 fully saturated rings. The molecule has 1 N–H and O–H groups in total. The number of pyridine rings is 1. The minimum atomic E-state index is -0.571. The van der Waals surface area contributed by atoms with Crippen molar-refractivity contribution in [2.45, 2.75) is 44.6 Å². The zero-order chi connectivity index (χ0) is 17.3. The van der Waals surface area contributed by atoms with Crippen LogP contribution in [0.2, 0.25) is 10.0 Å². The summed E-state index contributed by atoms with van der Waals surface area (Å²) in [6.07, 6.45) is 3.32. The molecule has 0 aliphatic heterocycles. The van der Waals surface area contributed by atoms with Crippen molar-refractivity contribution in [1.82, 2.24) is 4.98 Å². The molecule has 1 aromatic heterocycles. The van der Waals surface area contributed by atoms with Gasteiger partial charge in [-0.2, -0.15) is 0 Å². The fraction of sp³-hybridized carbons (Fsp3) is 0.368. The molecule has 3 nitrogen and oxygen atoms in total. The molecule has 1 aliphatic rings. The summed E-state index contributed by atoms with van der Waals surface area (Å²) >= 11 is 12.3. The van der Waals surface area contributed by atoms with Crippen LogP contribution in [-0.4, -0.2) is 15.9 Å². The minimum Gasteiger partial charge on any atom is -0.387 e. The zero-order valence-corrected chi connectivity index (χ0v) is 14.9. The molecular weight excluding hydrogens is 345 g/mol. The Hall–Kier alpha value is -1.42. The predicted molar refractivity (Wildman–Crippen MR) is 95.7 cm³/mol. The van der Waals surface area contributed by atoms with Crippen molar-refractivity contribution >= 4 is 29.0 Å². The first-order chi connectivity index (χ1) is 11.5. The zero-order valence-electron chi connectivity index (χ0n) is 13.4. The molecule has 1 aromatic carbocycles. The Bertz CT molecular complexity index is 753. The number of aliphatic hydroxyl groups excluding tert-OH is 1. The maximum Gasteiger partial charge on any atom is 0.140 e. The number of hydrogen-bond donors (Lipinski definition) is 1. The lowest BCUT2D eigenvalue weighted by atomic mass is 9.80. The van der Waals surface area contributed by atoms with Crippen molar-refractivity contribution in [2.75, 3.05) is 0 Å². The predicted octanol–water partition coefficient (Wildman–Crippen LogP) is 4.81. The standard InChI is InChI=1S/C19H19Cl2NO2/c1-11-9-12(20)10-16(21)13(11)4-6-17(23)14-5-7-18(24)19-15(14)3-2-8-22-19/h2-3,8-10,14,18,24H,4-7H2,1H3/t14?,18-/m0/s1. The highest BCUT2D eigenvalue weighted by Crippen LogP contribution is 2.37. The molecule has 0 amide bonds. The van der Waals surface area contributed by atoms with Gasteiger partial charge in [0.2, 0.25) is 0 Å². The van der Waals surface area contributed by atoms with Gasteiger partial charge in [0.05, 0.1) is 11.8 Å². The first-order valence-electron chi connectivity index (χ1n) is 8.07. The van der Waals surface area contributed by atoms with Gasteiger partial charge in [-0.1, -0.05) is 29.3 Å². The second-order valence-electron chi connectivity index (χ2n) is 6.27. The lowest BCUT2D eigenvalue weighted by Gasteiger charge is -2.27. The van der Waals surface area contributed by atoms with E-state index < -0.39 is 6.10 Å². The van der Waals surface area contributed by atoms with Gasteiger partial charge in [-0.3, -0.25) is 9.78 Å². The Morgan fingerprint density at radius 2 is 2.12 bits per heavy atom. The Morgan fingerprint density at radius 3 is 2.88 bits per heavy atom. The van der Waals surface area contributed by atoms with E-state index in [1.165, 1.54) is 0 Å². The van der Waals surface area contributed by atoms with Crippen LogP contribution >= 0.6 is 23.2 Å². The van der Waals surface area contributed by atoms with Gasteiger partial charge in [-0.05, 0) is 61.1 Å². The van der Waals surface area contributed by atoms with Crippen LogP contribution in [-0.2, 0) is 11.2 Å². The summed E-state index contributed by atoms with van der Waals surface area (Å²) in [6, 6.07) is 7.29. The largest absolute Gasteiger partial charge is 0.387 e. The summed E-state index contributed by atoms with van der Waals surface area (Å²) in [7, 11) is 0. The molecule has 1 unspecified atom stereocenters. The van der Waals surface area contributed by atoms with Crippen molar-refractivity contribution in [3.8, 4) is 0 Å². The highest BCUT2D eigenvalue weighted by Gasteiger charge is 2.31. The van der Waals surface area contributed by atoms with Crippen molar-refractivity contribution in [1.29, 1.82) is 0 Å². The highest BCUT2D eigenvalue weighted by atomic mass is 35.5. The topological polar surface area (TPSA) is 50.2 Å². The summed E-state index contributed by atoms with van der Waals surface area (Å²) in [4.78, 5) is 17.0. The third kappa shape index (κ3) is 3.49. The number of ketones is 1. The number of aromatic nitrogens is 1. The van der Waals surface area contributed by atoms with E-state index in [0.29, 0.717) is 41.4 Å². The van der Waals surface area contributed by atoms with Crippen LogP contribution in [0.25, 0.3) is 0 Å². The normalized spacial score (nSPS) is 19.8. The van der Waals surface area contributed by atoms with E-state index in [1.54, 1.807) is 12.3 Å². The van der Waals surface area contributed by atoms with Gasteiger partial charge in [0.1, 0.15) is 5.78 Å². The maximum absolute atomic E-state index is 12.8. The van der Waals surface area contributed by atoms with Crippen molar-refractivity contribution < 1.29 is 9.90 Å². The molecule has 3 rings (SSSR count). The van der Waals surface area contributed by atoms with E-state index in [-0.39, 0.29) is 11.7 Å². The fourth-order valence-electron chi connectivity index (χ4n) is 3.43. The third-order valence-electron chi connectivity index (χ3n) is 4.68.